The highest BCUT2D eigenvalue weighted by Gasteiger charge is 2.44. The molecule has 2 aliphatic rings. The van der Waals surface area contributed by atoms with Gasteiger partial charge in [0.05, 0.1) is 35.1 Å². The molecular formula is C55H41BN4O. The summed E-state index contributed by atoms with van der Waals surface area (Å²) in [5, 5.41) is 4.56. The summed E-state index contributed by atoms with van der Waals surface area (Å²) in [5.74, 6) is 0. The maximum atomic E-state index is 6.83. The number of para-hydroxylation sites is 4. The summed E-state index contributed by atoms with van der Waals surface area (Å²) >= 11 is 0. The minimum absolute atomic E-state index is 0.0272. The fourth-order valence-corrected chi connectivity index (χ4v) is 9.85. The van der Waals surface area contributed by atoms with Crippen LogP contribution in [0.1, 0.15) is 26.3 Å². The molecule has 0 saturated carbocycles. The Morgan fingerprint density at radius 3 is 1.98 bits per heavy atom. The van der Waals surface area contributed by atoms with Crippen LogP contribution in [0, 0.1) is 0 Å². The molecule has 0 spiro atoms. The first-order valence-electron chi connectivity index (χ1n) is 21.1. The van der Waals surface area contributed by atoms with Crippen molar-refractivity contribution in [1.82, 2.24) is 4.98 Å². The van der Waals surface area contributed by atoms with E-state index >= 15 is 0 Å². The first-order valence-corrected chi connectivity index (χ1v) is 21.1. The molecule has 0 radical (unpaired) electrons. The molecule has 0 unspecified atom stereocenters. The SMILES string of the molecule is CC(C)(C)c1ccc(N(c2ccc3c(c2)N(c2cccc4c2oc2ccccc24)c2cncc4c2B3c2ccccc2N4c2ccccc2)c2cccc3ccccc23)cc1. The highest BCUT2D eigenvalue weighted by Crippen LogP contribution is 2.48. The smallest absolute Gasteiger partial charge is 0.252 e. The van der Waals surface area contributed by atoms with Crippen LogP contribution >= 0.6 is 0 Å². The van der Waals surface area contributed by atoms with Gasteiger partial charge in [0.15, 0.2) is 5.58 Å². The molecule has 12 rings (SSSR count). The van der Waals surface area contributed by atoms with Gasteiger partial charge in [0, 0.05) is 44.6 Å². The van der Waals surface area contributed by atoms with Crippen molar-refractivity contribution < 1.29 is 4.42 Å². The Balaban J connectivity index is 1.15. The van der Waals surface area contributed by atoms with Crippen LogP contribution < -0.4 is 31.1 Å². The Hall–Kier alpha value is -7.57. The quantitative estimate of drug-likeness (QED) is 0.162. The van der Waals surface area contributed by atoms with Crippen LogP contribution in [-0.4, -0.2) is 11.7 Å². The van der Waals surface area contributed by atoms with Crippen LogP contribution in [0.15, 0.2) is 199 Å². The Kier molecular flexibility index (Phi) is 7.82. The number of aromatic nitrogens is 1. The zero-order valence-electron chi connectivity index (χ0n) is 34.2. The maximum Gasteiger partial charge on any atom is 0.252 e. The van der Waals surface area contributed by atoms with Crippen molar-refractivity contribution in [2.24, 2.45) is 0 Å². The molecule has 0 bridgehead atoms. The van der Waals surface area contributed by atoms with Crippen LogP contribution in [0.5, 0.6) is 0 Å². The second-order valence-electron chi connectivity index (χ2n) is 17.2. The van der Waals surface area contributed by atoms with Crippen molar-refractivity contribution in [1.29, 1.82) is 0 Å². The van der Waals surface area contributed by atoms with Crippen LogP contribution in [0.3, 0.4) is 0 Å². The van der Waals surface area contributed by atoms with Gasteiger partial charge in [0.25, 0.3) is 6.71 Å². The van der Waals surface area contributed by atoms with E-state index in [1.54, 1.807) is 0 Å². The van der Waals surface area contributed by atoms with E-state index in [9.17, 15) is 0 Å². The Morgan fingerprint density at radius 1 is 0.508 bits per heavy atom. The molecule has 61 heavy (non-hydrogen) atoms. The van der Waals surface area contributed by atoms with E-state index in [0.717, 1.165) is 73.1 Å². The number of benzene rings is 8. The van der Waals surface area contributed by atoms with E-state index in [2.05, 4.69) is 211 Å². The van der Waals surface area contributed by atoms with Gasteiger partial charge in [-0.25, -0.2) is 0 Å². The van der Waals surface area contributed by atoms with Gasteiger partial charge < -0.3 is 19.1 Å². The number of fused-ring (bicyclic) bond motifs is 8. The zero-order chi connectivity index (χ0) is 40.8. The molecule has 0 atom stereocenters. The van der Waals surface area contributed by atoms with E-state index in [1.165, 1.54) is 32.7 Å². The number of furan rings is 1. The molecule has 0 saturated heterocycles. The molecule has 2 aromatic heterocycles. The molecule has 290 valence electrons. The van der Waals surface area contributed by atoms with Gasteiger partial charge >= 0.3 is 0 Å². The number of hydrogen-bond donors (Lipinski definition) is 0. The van der Waals surface area contributed by atoms with Gasteiger partial charge in [0.2, 0.25) is 0 Å². The molecule has 2 aliphatic heterocycles. The molecule has 6 heteroatoms. The second-order valence-corrected chi connectivity index (χ2v) is 17.2. The van der Waals surface area contributed by atoms with Gasteiger partial charge in [-0.2, -0.15) is 0 Å². The van der Waals surface area contributed by atoms with Gasteiger partial charge in [-0.05, 0) is 93.4 Å². The Morgan fingerprint density at radius 2 is 1.15 bits per heavy atom. The van der Waals surface area contributed by atoms with Crippen molar-refractivity contribution in [3.05, 3.63) is 200 Å². The third-order valence-corrected chi connectivity index (χ3v) is 12.7. The average Bonchev–Trinajstić information content (AvgIpc) is 3.69. The topological polar surface area (TPSA) is 35.8 Å². The third-order valence-electron chi connectivity index (χ3n) is 12.7. The summed E-state index contributed by atoms with van der Waals surface area (Å²) in [6, 6.07) is 65.8. The number of rotatable bonds is 5. The third kappa shape index (κ3) is 5.45. The van der Waals surface area contributed by atoms with Gasteiger partial charge in [-0.15, -0.1) is 0 Å². The zero-order valence-corrected chi connectivity index (χ0v) is 34.2. The molecule has 0 aliphatic carbocycles. The van der Waals surface area contributed by atoms with E-state index in [-0.39, 0.29) is 12.1 Å². The van der Waals surface area contributed by atoms with Crippen LogP contribution in [-0.2, 0) is 5.41 Å². The summed E-state index contributed by atoms with van der Waals surface area (Å²) in [6.07, 6.45) is 4.09. The van der Waals surface area contributed by atoms with E-state index in [4.69, 9.17) is 9.40 Å². The summed E-state index contributed by atoms with van der Waals surface area (Å²) in [7, 11) is 0. The van der Waals surface area contributed by atoms with E-state index < -0.39 is 0 Å². The molecule has 0 fully saturated rings. The van der Waals surface area contributed by atoms with Crippen molar-refractivity contribution >= 4 is 107 Å². The standard InChI is InChI=1S/C55H41BN4O/c1-55(2,3)37-27-29-39(30-28-37)58(46-24-13-16-36-15-7-8-19-41(36)46)40-31-32-45-49(33-40)60(48-25-14-21-43-42-20-9-12-26-52(42)61-54(43)48)51-35-57-34-50-53(51)56(45)44-22-10-11-23-47(44)59(50)38-17-5-4-6-18-38/h4-35H,1-3H3. The number of nitrogens with zero attached hydrogens (tertiary/aromatic N) is 4. The lowest BCUT2D eigenvalue weighted by atomic mass is 9.33. The number of pyridine rings is 1. The normalized spacial score (nSPS) is 13.1. The lowest BCUT2D eigenvalue weighted by Gasteiger charge is -2.43. The molecule has 4 heterocycles. The van der Waals surface area contributed by atoms with Crippen LogP contribution in [0.2, 0.25) is 0 Å². The summed E-state index contributed by atoms with van der Waals surface area (Å²) in [5.41, 5.74) is 16.4. The van der Waals surface area contributed by atoms with Crippen molar-refractivity contribution in [3.8, 4) is 0 Å². The average molecular weight is 785 g/mol. The first-order chi connectivity index (χ1) is 29.9. The van der Waals surface area contributed by atoms with Gasteiger partial charge in [0.1, 0.15) is 5.58 Å². The molecular weight excluding hydrogens is 743 g/mol. The summed E-state index contributed by atoms with van der Waals surface area (Å²) in [6.45, 7) is 6.76. The summed E-state index contributed by atoms with van der Waals surface area (Å²) in [4.78, 5) is 12.3. The monoisotopic (exact) mass is 784 g/mol. The Labute approximate surface area is 355 Å². The van der Waals surface area contributed by atoms with Gasteiger partial charge in [-0.1, -0.05) is 142 Å². The van der Waals surface area contributed by atoms with Crippen molar-refractivity contribution in [2.45, 2.75) is 26.2 Å². The Bertz CT molecular complexity index is 3330. The van der Waals surface area contributed by atoms with Gasteiger partial charge in [-0.3, -0.25) is 4.98 Å². The molecule has 5 nitrogen and oxygen atoms in total. The number of hydrogen-bond acceptors (Lipinski definition) is 5. The van der Waals surface area contributed by atoms with Crippen LogP contribution in [0.4, 0.5) is 51.2 Å². The highest BCUT2D eigenvalue weighted by atomic mass is 16.3. The molecule has 8 aromatic carbocycles. The fraction of sp³-hybridized carbons (Fsp3) is 0.0727. The largest absolute Gasteiger partial charge is 0.454 e. The van der Waals surface area contributed by atoms with Crippen molar-refractivity contribution in [2.75, 3.05) is 14.7 Å². The molecule has 10 aromatic rings. The van der Waals surface area contributed by atoms with E-state index in [0.29, 0.717) is 0 Å². The van der Waals surface area contributed by atoms with Crippen molar-refractivity contribution in [3.63, 3.8) is 0 Å². The molecule has 0 N–H and O–H groups in total. The van der Waals surface area contributed by atoms with Crippen LogP contribution in [0.25, 0.3) is 32.7 Å². The van der Waals surface area contributed by atoms with E-state index in [1.807, 2.05) is 18.5 Å². The second kappa shape index (κ2) is 13.5. The first kappa shape index (κ1) is 35.4. The summed E-state index contributed by atoms with van der Waals surface area (Å²) < 4.78 is 6.83. The predicted octanol–water partition coefficient (Wildman–Crippen LogP) is 13.0. The lowest BCUT2D eigenvalue weighted by Crippen LogP contribution is -2.61. The highest BCUT2D eigenvalue weighted by molar-refractivity contribution is 7.00. The number of anilines is 9. The predicted molar refractivity (Wildman–Crippen MR) is 256 cm³/mol. The molecule has 0 amide bonds. The minimum atomic E-state index is -0.0450. The maximum absolute atomic E-state index is 6.83. The fourth-order valence-electron chi connectivity index (χ4n) is 9.85. The lowest BCUT2D eigenvalue weighted by molar-refractivity contribution is 0.590. The minimum Gasteiger partial charge on any atom is -0.454 e.